The van der Waals surface area contributed by atoms with Crippen molar-refractivity contribution in [2.75, 3.05) is 39.4 Å². The highest BCUT2D eigenvalue weighted by atomic mass is 32.1. The number of thiazole rings is 1. The van der Waals surface area contributed by atoms with Gasteiger partial charge >= 0.3 is 6.03 Å². The zero-order chi connectivity index (χ0) is 17.0. The second-order valence-corrected chi connectivity index (χ2v) is 8.07. The Morgan fingerprint density at radius 1 is 1.38 bits per heavy atom. The van der Waals surface area contributed by atoms with Gasteiger partial charge in [-0.1, -0.05) is 0 Å². The lowest BCUT2D eigenvalue weighted by Gasteiger charge is -2.42. The molecule has 2 saturated heterocycles. The first-order valence-electron chi connectivity index (χ1n) is 8.84. The molecule has 0 radical (unpaired) electrons. The molecule has 6 nitrogen and oxygen atoms in total. The van der Waals surface area contributed by atoms with E-state index in [0.29, 0.717) is 6.54 Å². The number of nitrogens with one attached hydrogen (secondary N) is 1. The summed E-state index contributed by atoms with van der Waals surface area (Å²) in [4.78, 5) is 21.6. The van der Waals surface area contributed by atoms with Crippen LogP contribution in [-0.2, 0) is 4.74 Å². The first-order chi connectivity index (χ1) is 11.6. The van der Waals surface area contributed by atoms with Crippen LogP contribution in [0.5, 0.6) is 0 Å². The van der Waals surface area contributed by atoms with E-state index in [4.69, 9.17) is 4.74 Å². The minimum absolute atomic E-state index is 0.0382. The third-order valence-corrected chi connectivity index (χ3v) is 5.92. The van der Waals surface area contributed by atoms with Crippen LogP contribution in [0.25, 0.3) is 0 Å². The molecule has 2 aliphatic heterocycles. The number of amides is 2. The minimum atomic E-state index is -0.0636. The van der Waals surface area contributed by atoms with Crippen LogP contribution in [0, 0.1) is 0 Å². The van der Waals surface area contributed by atoms with E-state index in [2.05, 4.69) is 29.0 Å². The Hall–Kier alpha value is -1.18. The highest BCUT2D eigenvalue weighted by Gasteiger charge is 2.32. The average molecular weight is 353 g/mol. The summed E-state index contributed by atoms with van der Waals surface area (Å²) in [5, 5.41) is 6.20. The quantitative estimate of drug-likeness (QED) is 0.904. The molecule has 24 heavy (non-hydrogen) atoms. The van der Waals surface area contributed by atoms with Crippen molar-refractivity contribution in [1.82, 2.24) is 20.1 Å². The van der Waals surface area contributed by atoms with Crippen LogP contribution < -0.4 is 5.32 Å². The van der Waals surface area contributed by atoms with Crippen LogP contribution in [0.1, 0.15) is 44.2 Å². The van der Waals surface area contributed by atoms with Crippen molar-refractivity contribution < 1.29 is 9.53 Å². The van der Waals surface area contributed by atoms with Crippen LogP contribution in [0.3, 0.4) is 0 Å². The molecular weight excluding hydrogens is 324 g/mol. The van der Waals surface area contributed by atoms with Crippen LogP contribution in [0.2, 0.25) is 0 Å². The number of ether oxygens (including phenoxy) is 1. The normalized spacial score (nSPS) is 23.2. The second kappa shape index (κ2) is 7.80. The molecule has 3 heterocycles. The Labute approximate surface area is 148 Å². The third kappa shape index (κ3) is 4.07. The fourth-order valence-electron chi connectivity index (χ4n) is 3.50. The molecule has 0 unspecified atom stereocenters. The predicted molar refractivity (Wildman–Crippen MR) is 95.3 cm³/mol. The molecule has 2 fully saturated rings. The summed E-state index contributed by atoms with van der Waals surface area (Å²) in [5.74, 6) is 0. The molecule has 0 saturated carbocycles. The summed E-state index contributed by atoms with van der Waals surface area (Å²) in [5.41, 5.74) is -0.0636. The van der Waals surface area contributed by atoms with E-state index >= 15 is 0 Å². The number of urea groups is 1. The van der Waals surface area contributed by atoms with Crippen LogP contribution in [0.15, 0.2) is 11.6 Å². The third-order valence-electron chi connectivity index (χ3n) is 5.04. The first-order valence-corrected chi connectivity index (χ1v) is 9.72. The van der Waals surface area contributed by atoms with E-state index in [9.17, 15) is 4.79 Å². The van der Waals surface area contributed by atoms with Gasteiger partial charge < -0.3 is 15.0 Å². The monoisotopic (exact) mass is 352 g/mol. The molecule has 0 aliphatic carbocycles. The average Bonchev–Trinajstić information content (AvgIpc) is 3.15. The summed E-state index contributed by atoms with van der Waals surface area (Å²) < 4.78 is 5.43. The molecule has 2 aliphatic rings. The maximum Gasteiger partial charge on any atom is 0.318 e. The number of carbonyl (C=O) groups excluding carboxylic acids is 1. The zero-order valence-corrected chi connectivity index (χ0v) is 15.5. The van der Waals surface area contributed by atoms with Crippen molar-refractivity contribution in [3.63, 3.8) is 0 Å². The number of hydrogen-bond acceptors (Lipinski definition) is 5. The molecule has 0 bridgehead atoms. The predicted octanol–water partition coefficient (Wildman–Crippen LogP) is 2.49. The van der Waals surface area contributed by atoms with E-state index in [1.54, 1.807) is 11.3 Å². The largest absolute Gasteiger partial charge is 0.379 e. The topological polar surface area (TPSA) is 57.7 Å². The fraction of sp³-hybridized carbons (Fsp3) is 0.765. The van der Waals surface area contributed by atoms with E-state index in [1.807, 2.05) is 16.5 Å². The van der Waals surface area contributed by atoms with Gasteiger partial charge in [-0.05, 0) is 33.1 Å². The lowest BCUT2D eigenvalue weighted by molar-refractivity contribution is -0.00925. The van der Waals surface area contributed by atoms with E-state index in [1.165, 1.54) is 0 Å². The molecular formula is C17H28N4O2S. The SMILES string of the molecule is CC(C)(CNC(=O)N1CCCC[C@H]1c1nccs1)N1CCOCC1. The summed E-state index contributed by atoms with van der Waals surface area (Å²) in [7, 11) is 0. The number of aromatic nitrogens is 1. The number of hydrogen-bond donors (Lipinski definition) is 1. The number of nitrogens with zero attached hydrogens (tertiary/aromatic N) is 3. The smallest absolute Gasteiger partial charge is 0.318 e. The van der Waals surface area contributed by atoms with Crippen molar-refractivity contribution in [3.8, 4) is 0 Å². The van der Waals surface area contributed by atoms with Gasteiger partial charge in [0.05, 0.1) is 19.3 Å². The van der Waals surface area contributed by atoms with Gasteiger partial charge in [0.25, 0.3) is 0 Å². The summed E-state index contributed by atoms with van der Waals surface area (Å²) in [6.45, 7) is 9.23. The summed E-state index contributed by atoms with van der Waals surface area (Å²) in [6, 6.07) is 0.168. The van der Waals surface area contributed by atoms with Crippen molar-refractivity contribution in [1.29, 1.82) is 0 Å². The van der Waals surface area contributed by atoms with Gasteiger partial charge in [-0.3, -0.25) is 4.90 Å². The number of rotatable bonds is 4. The molecule has 1 aromatic rings. The molecule has 0 spiro atoms. The van der Waals surface area contributed by atoms with Crippen molar-refractivity contribution in [2.45, 2.75) is 44.7 Å². The van der Waals surface area contributed by atoms with Gasteiger partial charge in [-0.25, -0.2) is 9.78 Å². The number of piperidine rings is 1. The standard InChI is InChI=1S/C17H28N4O2S/c1-17(2,20-8-10-23-11-9-20)13-19-16(22)21-7-4-3-5-14(21)15-18-6-12-24-15/h6,12,14H,3-5,7-11,13H2,1-2H3,(H,19,22)/t14-/m0/s1. The Morgan fingerprint density at radius 3 is 2.88 bits per heavy atom. The molecule has 134 valence electrons. The molecule has 0 aromatic carbocycles. The fourth-order valence-corrected chi connectivity index (χ4v) is 4.29. The summed E-state index contributed by atoms with van der Waals surface area (Å²) >= 11 is 1.64. The number of carbonyl (C=O) groups is 1. The van der Waals surface area contributed by atoms with Crippen molar-refractivity contribution in [3.05, 3.63) is 16.6 Å². The van der Waals surface area contributed by atoms with Gasteiger partial charge in [0, 0.05) is 43.3 Å². The highest BCUT2D eigenvalue weighted by molar-refractivity contribution is 7.09. The zero-order valence-electron chi connectivity index (χ0n) is 14.7. The van der Waals surface area contributed by atoms with Gasteiger partial charge in [-0.2, -0.15) is 0 Å². The van der Waals surface area contributed by atoms with Crippen LogP contribution in [-0.4, -0.2) is 65.7 Å². The molecule has 1 aromatic heterocycles. The van der Waals surface area contributed by atoms with E-state index < -0.39 is 0 Å². The first kappa shape index (κ1) is 17.6. The second-order valence-electron chi connectivity index (χ2n) is 7.15. The lowest BCUT2D eigenvalue weighted by atomic mass is 10.0. The number of likely N-dealkylation sites (tertiary alicyclic amines) is 1. The van der Waals surface area contributed by atoms with E-state index in [0.717, 1.165) is 57.1 Å². The molecule has 1 atom stereocenters. The Balaban J connectivity index is 1.58. The number of morpholine rings is 1. The van der Waals surface area contributed by atoms with Crippen LogP contribution >= 0.6 is 11.3 Å². The Kier molecular flexibility index (Phi) is 5.73. The van der Waals surface area contributed by atoms with E-state index in [-0.39, 0.29) is 17.6 Å². The Bertz CT molecular complexity index is 529. The van der Waals surface area contributed by atoms with Gasteiger partial charge in [-0.15, -0.1) is 11.3 Å². The molecule has 2 amide bonds. The lowest BCUT2D eigenvalue weighted by Crippen LogP contribution is -2.57. The maximum atomic E-state index is 12.8. The van der Waals surface area contributed by atoms with Gasteiger partial charge in [0.15, 0.2) is 0 Å². The molecule has 7 heteroatoms. The van der Waals surface area contributed by atoms with Crippen molar-refractivity contribution in [2.24, 2.45) is 0 Å². The van der Waals surface area contributed by atoms with Gasteiger partial charge in [0.1, 0.15) is 5.01 Å². The highest BCUT2D eigenvalue weighted by Crippen LogP contribution is 2.32. The Morgan fingerprint density at radius 2 is 2.17 bits per heavy atom. The molecule has 3 rings (SSSR count). The maximum absolute atomic E-state index is 12.8. The van der Waals surface area contributed by atoms with Gasteiger partial charge in [0.2, 0.25) is 0 Å². The van der Waals surface area contributed by atoms with Crippen LogP contribution in [0.4, 0.5) is 4.79 Å². The molecule has 1 N–H and O–H groups in total. The minimum Gasteiger partial charge on any atom is -0.379 e. The summed E-state index contributed by atoms with van der Waals surface area (Å²) in [6.07, 6.45) is 5.06. The van der Waals surface area contributed by atoms with Crippen molar-refractivity contribution >= 4 is 17.4 Å².